The topological polar surface area (TPSA) is 91.7 Å². The minimum absolute atomic E-state index is 0.287. The van der Waals surface area contributed by atoms with E-state index in [9.17, 15) is 9.59 Å². The van der Waals surface area contributed by atoms with Gasteiger partial charge in [-0.1, -0.05) is 16.8 Å². The van der Waals surface area contributed by atoms with E-state index in [-0.39, 0.29) is 17.9 Å². The van der Waals surface area contributed by atoms with Gasteiger partial charge in [-0.15, -0.1) is 11.3 Å². The summed E-state index contributed by atoms with van der Waals surface area (Å²) in [6.07, 6.45) is 1.20. The lowest BCUT2D eigenvalue weighted by Crippen LogP contribution is -2.25. The van der Waals surface area contributed by atoms with Gasteiger partial charge in [0, 0.05) is 22.2 Å². The first-order chi connectivity index (χ1) is 10.1. The minimum atomic E-state index is -0.672. The number of nitrogens with zero attached hydrogens (tertiary/aromatic N) is 2. The normalized spacial score (nSPS) is 11.2. The van der Waals surface area contributed by atoms with Crippen molar-refractivity contribution in [3.05, 3.63) is 46.4 Å². The van der Waals surface area contributed by atoms with E-state index in [4.69, 9.17) is 16.8 Å². The van der Waals surface area contributed by atoms with Crippen LogP contribution in [0.25, 0.3) is 0 Å². The Morgan fingerprint density at radius 2 is 2.05 bits per heavy atom. The lowest BCUT2D eigenvalue weighted by atomic mass is 10.1. The number of rotatable bonds is 5. The molecule has 2 rings (SSSR count). The molecule has 6 nitrogen and oxygen atoms in total. The van der Waals surface area contributed by atoms with Gasteiger partial charge in [0.1, 0.15) is 0 Å². The predicted molar refractivity (Wildman–Crippen MR) is 80.4 cm³/mol. The van der Waals surface area contributed by atoms with E-state index in [1.807, 2.05) is 0 Å². The average molecular weight is 324 g/mol. The van der Waals surface area contributed by atoms with E-state index in [2.05, 4.69) is 15.5 Å². The van der Waals surface area contributed by atoms with Crippen molar-refractivity contribution in [2.75, 3.05) is 5.32 Å². The minimum Gasteiger partial charge on any atom is -0.410 e. The van der Waals surface area contributed by atoms with Gasteiger partial charge in [0.2, 0.25) is 0 Å². The van der Waals surface area contributed by atoms with Crippen LogP contribution in [-0.4, -0.2) is 27.6 Å². The fourth-order valence-electron chi connectivity index (χ4n) is 1.51. The fraction of sp³-hybridized carbons (Fsp3) is 0.0769. The van der Waals surface area contributed by atoms with E-state index in [0.29, 0.717) is 15.7 Å². The first-order valence-electron chi connectivity index (χ1n) is 5.80. The van der Waals surface area contributed by atoms with Crippen LogP contribution >= 0.6 is 22.9 Å². The number of carbonyl (C=O) groups is 2. The summed E-state index contributed by atoms with van der Waals surface area (Å²) in [5.41, 5.74) is 0.0905. The average Bonchev–Trinajstić information content (AvgIpc) is 2.98. The van der Waals surface area contributed by atoms with Gasteiger partial charge < -0.3 is 5.21 Å². The fourth-order valence-corrected chi connectivity index (χ4v) is 2.16. The summed E-state index contributed by atoms with van der Waals surface area (Å²) in [4.78, 5) is 27.7. The van der Waals surface area contributed by atoms with Gasteiger partial charge >= 0.3 is 0 Å². The molecule has 0 aliphatic rings. The van der Waals surface area contributed by atoms with Crippen molar-refractivity contribution in [1.82, 2.24) is 4.98 Å². The Kier molecular flexibility index (Phi) is 5.02. The monoisotopic (exact) mass is 323 g/mol. The van der Waals surface area contributed by atoms with Crippen LogP contribution in [0.4, 0.5) is 5.13 Å². The highest BCUT2D eigenvalue weighted by atomic mass is 35.5. The number of aromatic nitrogens is 1. The number of amides is 1. The Balaban J connectivity index is 2.03. The number of Topliss-reactive ketones (excluding diaryl/α,β-unsaturated/α-hetero) is 1. The summed E-state index contributed by atoms with van der Waals surface area (Å²) in [6, 6.07) is 6.22. The molecule has 0 bridgehead atoms. The van der Waals surface area contributed by atoms with Crippen molar-refractivity contribution >= 4 is 45.5 Å². The zero-order valence-corrected chi connectivity index (χ0v) is 12.2. The first-order valence-corrected chi connectivity index (χ1v) is 7.06. The van der Waals surface area contributed by atoms with E-state index in [1.54, 1.807) is 29.6 Å². The van der Waals surface area contributed by atoms with E-state index in [1.165, 1.54) is 17.5 Å². The number of benzene rings is 1. The van der Waals surface area contributed by atoms with Gasteiger partial charge in [-0.05, 0) is 24.3 Å². The Bertz CT molecular complexity index is 668. The maximum atomic E-state index is 12.0. The van der Waals surface area contributed by atoms with Crippen molar-refractivity contribution in [3.63, 3.8) is 0 Å². The molecule has 0 aliphatic carbocycles. The third-order valence-corrected chi connectivity index (χ3v) is 3.47. The lowest BCUT2D eigenvalue weighted by molar-refractivity contribution is -0.110. The number of nitrogens with one attached hydrogen (secondary N) is 1. The number of ketones is 1. The summed E-state index contributed by atoms with van der Waals surface area (Å²) in [6.45, 7) is 0. The molecular weight excluding hydrogens is 314 g/mol. The first kappa shape index (κ1) is 15.1. The summed E-state index contributed by atoms with van der Waals surface area (Å²) in [7, 11) is 0. The number of hydrogen-bond acceptors (Lipinski definition) is 6. The van der Waals surface area contributed by atoms with Gasteiger partial charge in [-0.2, -0.15) is 0 Å². The molecule has 108 valence electrons. The molecule has 2 N–H and O–H groups in total. The number of hydrogen-bond donors (Lipinski definition) is 2. The molecule has 1 heterocycles. The molecule has 0 fully saturated rings. The zero-order chi connectivity index (χ0) is 15.2. The summed E-state index contributed by atoms with van der Waals surface area (Å²) < 4.78 is 0. The SMILES string of the molecule is O=C(Nc1nccs1)/C(CC(=O)c1ccc(Cl)cc1)=N/O. The van der Waals surface area contributed by atoms with Crippen LogP contribution in [0, 0.1) is 0 Å². The quantitative estimate of drug-likeness (QED) is 0.383. The molecular formula is C13H10ClN3O3S. The third-order valence-electron chi connectivity index (χ3n) is 2.53. The molecule has 21 heavy (non-hydrogen) atoms. The molecule has 0 unspecified atom stereocenters. The van der Waals surface area contributed by atoms with Crippen molar-refractivity contribution in [2.45, 2.75) is 6.42 Å². The van der Waals surface area contributed by atoms with E-state index in [0.717, 1.165) is 0 Å². The number of carbonyl (C=O) groups excluding carboxylic acids is 2. The Morgan fingerprint density at radius 1 is 1.33 bits per heavy atom. The molecule has 0 spiro atoms. The molecule has 1 aromatic carbocycles. The molecule has 1 amide bonds. The summed E-state index contributed by atoms with van der Waals surface area (Å²) >= 11 is 6.95. The highest BCUT2D eigenvalue weighted by Gasteiger charge is 2.18. The van der Waals surface area contributed by atoms with Crippen LogP contribution in [-0.2, 0) is 4.79 Å². The Hall–Kier alpha value is -2.25. The second-order valence-corrected chi connectivity index (χ2v) is 5.28. The second kappa shape index (κ2) is 6.96. The second-order valence-electron chi connectivity index (χ2n) is 3.94. The van der Waals surface area contributed by atoms with Crippen LogP contribution in [0.5, 0.6) is 0 Å². The molecule has 0 radical (unpaired) electrons. The molecule has 0 saturated heterocycles. The van der Waals surface area contributed by atoms with Gasteiger partial charge in [-0.25, -0.2) is 4.98 Å². The lowest BCUT2D eigenvalue weighted by Gasteiger charge is -2.04. The smallest absolute Gasteiger partial charge is 0.275 e. The van der Waals surface area contributed by atoms with Crippen LogP contribution in [0.2, 0.25) is 5.02 Å². The zero-order valence-electron chi connectivity index (χ0n) is 10.6. The number of anilines is 1. The maximum absolute atomic E-state index is 12.0. The summed E-state index contributed by atoms with van der Waals surface area (Å²) in [5, 5.41) is 16.8. The Labute approximate surface area is 129 Å². The highest BCUT2D eigenvalue weighted by molar-refractivity contribution is 7.13. The molecule has 0 atom stereocenters. The van der Waals surface area contributed by atoms with Crippen LogP contribution in [0.15, 0.2) is 41.0 Å². The van der Waals surface area contributed by atoms with Gasteiger partial charge in [-0.3, -0.25) is 14.9 Å². The van der Waals surface area contributed by atoms with E-state index < -0.39 is 5.91 Å². The number of oxime groups is 1. The molecule has 1 aromatic heterocycles. The van der Waals surface area contributed by atoms with Crippen molar-refractivity contribution in [3.8, 4) is 0 Å². The molecule has 0 saturated carbocycles. The maximum Gasteiger partial charge on any atom is 0.275 e. The van der Waals surface area contributed by atoms with E-state index >= 15 is 0 Å². The molecule has 2 aromatic rings. The number of thiazole rings is 1. The van der Waals surface area contributed by atoms with Crippen molar-refractivity contribution < 1.29 is 14.8 Å². The summed E-state index contributed by atoms with van der Waals surface area (Å²) in [5.74, 6) is -1.02. The highest BCUT2D eigenvalue weighted by Crippen LogP contribution is 2.13. The predicted octanol–water partition coefficient (Wildman–Crippen LogP) is 2.84. The standard InChI is InChI=1S/C13H10ClN3O3S/c14-9-3-1-8(2-4-9)11(18)7-10(17-20)12(19)16-13-15-5-6-21-13/h1-6,20H,7H2,(H,15,16,19)/b17-10+. The van der Waals surface area contributed by atoms with Gasteiger partial charge in [0.15, 0.2) is 16.6 Å². The van der Waals surface area contributed by atoms with Crippen molar-refractivity contribution in [2.24, 2.45) is 5.16 Å². The largest absolute Gasteiger partial charge is 0.410 e. The van der Waals surface area contributed by atoms with Crippen LogP contribution in [0.3, 0.4) is 0 Å². The van der Waals surface area contributed by atoms with Gasteiger partial charge in [0.25, 0.3) is 5.91 Å². The Morgan fingerprint density at radius 3 is 2.62 bits per heavy atom. The van der Waals surface area contributed by atoms with Crippen molar-refractivity contribution in [1.29, 1.82) is 0 Å². The van der Waals surface area contributed by atoms with Crippen LogP contribution < -0.4 is 5.32 Å². The van der Waals surface area contributed by atoms with Gasteiger partial charge in [0.05, 0.1) is 6.42 Å². The third kappa shape index (κ3) is 4.11. The number of halogens is 1. The molecule has 0 aliphatic heterocycles. The van der Waals surface area contributed by atoms with Crippen LogP contribution in [0.1, 0.15) is 16.8 Å². The molecule has 8 heteroatoms.